The lowest BCUT2D eigenvalue weighted by Crippen LogP contribution is -2.27. The number of hydrogen-bond acceptors (Lipinski definition) is 5. The Morgan fingerprint density at radius 2 is 1.91 bits per heavy atom. The van der Waals surface area contributed by atoms with Crippen LogP contribution >= 0.6 is 0 Å². The molecule has 2 aromatic carbocycles. The van der Waals surface area contributed by atoms with E-state index in [2.05, 4.69) is 21.5 Å². The molecule has 1 aromatic heterocycles. The summed E-state index contributed by atoms with van der Waals surface area (Å²) < 4.78 is 10.7. The zero-order valence-corrected chi connectivity index (χ0v) is 18.8. The average molecular weight is 456 g/mol. The second-order valence-corrected chi connectivity index (χ2v) is 7.10. The Morgan fingerprint density at radius 3 is 2.68 bits per heavy atom. The number of methoxy groups -OCH3 is 1. The fraction of sp³-hybridized carbons (Fsp3) is 0.148. The number of aromatic nitrogens is 1. The van der Waals surface area contributed by atoms with Gasteiger partial charge in [0.05, 0.1) is 18.4 Å². The minimum absolute atomic E-state index is 0.129. The van der Waals surface area contributed by atoms with Crippen molar-refractivity contribution >= 4 is 23.6 Å². The van der Waals surface area contributed by atoms with Crippen molar-refractivity contribution in [2.75, 3.05) is 25.6 Å². The minimum atomic E-state index is -0.375. The molecule has 7 heteroatoms. The van der Waals surface area contributed by atoms with Gasteiger partial charge in [-0.25, -0.2) is 0 Å². The van der Waals surface area contributed by atoms with Gasteiger partial charge in [0.15, 0.2) is 11.5 Å². The van der Waals surface area contributed by atoms with Crippen molar-refractivity contribution in [2.45, 2.75) is 6.42 Å². The Hall–Kier alpha value is -4.57. The molecule has 172 valence electrons. The summed E-state index contributed by atoms with van der Waals surface area (Å²) >= 11 is 0. The highest BCUT2D eigenvalue weighted by Gasteiger charge is 2.12. The Labute approximate surface area is 198 Å². The zero-order valence-electron chi connectivity index (χ0n) is 18.8. The first-order valence-corrected chi connectivity index (χ1v) is 10.6. The van der Waals surface area contributed by atoms with E-state index in [1.54, 1.807) is 54.7 Å². The highest BCUT2D eigenvalue weighted by molar-refractivity contribution is 6.07. The van der Waals surface area contributed by atoms with Crippen molar-refractivity contribution in [3.63, 3.8) is 0 Å². The molecule has 0 atom stereocenters. The smallest absolute Gasteiger partial charge is 0.253 e. The molecule has 3 rings (SSSR count). The van der Waals surface area contributed by atoms with Gasteiger partial charge in [-0.2, -0.15) is 0 Å². The van der Waals surface area contributed by atoms with E-state index in [1.807, 2.05) is 18.2 Å². The monoisotopic (exact) mass is 455 g/mol. The molecular weight excluding hydrogens is 430 g/mol. The summed E-state index contributed by atoms with van der Waals surface area (Å²) in [6.45, 7) is 0.561. The number of hydrogen-bond donors (Lipinski definition) is 2. The predicted octanol–water partition coefficient (Wildman–Crippen LogP) is 3.73. The fourth-order valence-electron chi connectivity index (χ4n) is 3.11. The van der Waals surface area contributed by atoms with Gasteiger partial charge in [-0.3, -0.25) is 14.6 Å². The molecule has 0 aliphatic carbocycles. The van der Waals surface area contributed by atoms with Gasteiger partial charge in [-0.15, -0.1) is 6.42 Å². The van der Waals surface area contributed by atoms with Crippen molar-refractivity contribution in [1.82, 2.24) is 10.3 Å². The van der Waals surface area contributed by atoms with Gasteiger partial charge in [-0.1, -0.05) is 30.2 Å². The van der Waals surface area contributed by atoms with E-state index in [9.17, 15) is 9.59 Å². The van der Waals surface area contributed by atoms with Gasteiger partial charge in [-0.05, 0) is 48.0 Å². The van der Waals surface area contributed by atoms with Crippen LogP contribution in [0, 0.1) is 12.3 Å². The summed E-state index contributed by atoms with van der Waals surface area (Å²) in [6.07, 6.45) is 10.6. The van der Waals surface area contributed by atoms with Gasteiger partial charge in [0.2, 0.25) is 5.91 Å². The summed E-state index contributed by atoms with van der Waals surface area (Å²) in [5, 5.41) is 5.63. The number of nitrogens with one attached hydrogen (secondary N) is 2. The van der Waals surface area contributed by atoms with Crippen LogP contribution in [0.15, 0.2) is 72.9 Å². The molecule has 0 spiro atoms. The Morgan fingerprint density at radius 1 is 1.09 bits per heavy atom. The van der Waals surface area contributed by atoms with Crippen LogP contribution in [0.25, 0.3) is 6.08 Å². The van der Waals surface area contributed by atoms with Gasteiger partial charge >= 0.3 is 0 Å². The van der Waals surface area contributed by atoms with Crippen LogP contribution in [-0.2, 0) is 11.2 Å². The summed E-state index contributed by atoms with van der Waals surface area (Å²) in [7, 11) is 1.52. The number of rotatable bonds is 10. The standard InChI is InChI=1S/C27H25N3O4/c1-3-18-34-24-13-11-20(19-25(24)33-2)12-14-26(31)30-23-10-5-4-9-22(23)27(32)29-17-15-21-8-6-7-16-28-21/h1,4-14,16,19H,15,17-18H2,2H3,(H,29,32)(H,30,31). The molecule has 7 nitrogen and oxygen atoms in total. The topological polar surface area (TPSA) is 89.5 Å². The van der Waals surface area contributed by atoms with E-state index >= 15 is 0 Å². The van der Waals surface area contributed by atoms with Crippen molar-refractivity contribution in [3.05, 3.63) is 89.8 Å². The minimum Gasteiger partial charge on any atom is -0.493 e. The quantitative estimate of drug-likeness (QED) is 0.359. The number of benzene rings is 2. The number of terminal acetylenes is 1. The molecule has 3 aromatic rings. The van der Waals surface area contributed by atoms with E-state index in [4.69, 9.17) is 15.9 Å². The number of para-hydroxylation sites is 1. The molecule has 0 radical (unpaired) electrons. The van der Waals surface area contributed by atoms with Crippen LogP contribution in [0.1, 0.15) is 21.6 Å². The lowest BCUT2D eigenvalue weighted by molar-refractivity contribution is -0.111. The van der Waals surface area contributed by atoms with Crippen LogP contribution in [0.3, 0.4) is 0 Å². The molecule has 0 bridgehead atoms. The molecule has 0 saturated heterocycles. The number of pyridine rings is 1. The number of amides is 2. The first-order chi connectivity index (χ1) is 16.6. The summed E-state index contributed by atoms with van der Waals surface area (Å²) in [4.78, 5) is 29.4. The molecule has 34 heavy (non-hydrogen) atoms. The largest absolute Gasteiger partial charge is 0.493 e. The van der Waals surface area contributed by atoms with E-state index in [0.717, 1.165) is 11.3 Å². The van der Waals surface area contributed by atoms with Crippen molar-refractivity contribution in [2.24, 2.45) is 0 Å². The zero-order chi connectivity index (χ0) is 24.2. The van der Waals surface area contributed by atoms with Crippen LogP contribution in [0.2, 0.25) is 0 Å². The maximum atomic E-state index is 12.7. The first kappa shape index (κ1) is 24.1. The third-order valence-electron chi connectivity index (χ3n) is 4.75. The SMILES string of the molecule is C#CCOc1ccc(C=CC(=O)Nc2ccccc2C(=O)NCCc2ccccn2)cc1OC. The number of nitrogens with zero attached hydrogens (tertiary/aromatic N) is 1. The highest BCUT2D eigenvalue weighted by atomic mass is 16.5. The van der Waals surface area contributed by atoms with E-state index in [1.165, 1.54) is 13.2 Å². The van der Waals surface area contributed by atoms with Gasteiger partial charge in [0, 0.05) is 30.9 Å². The molecule has 2 N–H and O–H groups in total. The normalized spacial score (nSPS) is 10.4. The van der Waals surface area contributed by atoms with Crippen molar-refractivity contribution in [3.8, 4) is 23.8 Å². The molecular formula is C27H25N3O4. The van der Waals surface area contributed by atoms with E-state index in [-0.39, 0.29) is 18.4 Å². The lowest BCUT2D eigenvalue weighted by atomic mass is 10.1. The fourth-order valence-corrected chi connectivity index (χ4v) is 3.11. The summed E-state index contributed by atoms with van der Waals surface area (Å²) in [5.74, 6) is 2.77. The molecule has 2 amide bonds. The lowest BCUT2D eigenvalue weighted by Gasteiger charge is -2.11. The highest BCUT2D eigenvalue weighted by Crippen LogP contribution is 2.28. The van der Waals surface area contributed by atoms with Gasteiger partial charge in [0.25, 0.3) is 5.91 Å². The van der Waals surface area contributed by atoms with Gasteiger partial charge < -0.3 is 20.1 Å². The summed E-state index contributed by atoms with van der Waals surface area (Å²) in [6, 6.07) is 17.7. The molecule has 1 heterocycles. The molecule has 0 aliphatic rings. The molecule has 0 fully saturated rings. The molecule has 0 unspecified atom stereocenters. The number of carbonyl (C=O) groups is 2. The number of carbonyl (C=O) groups excluding carboxylic acids is 2. The average Bonchev–Trinajstić information content (AvgIpc) is 2.87. The third-order valence-corrected chi connectivity index (χ3v) is 4.75. The van der Waals surface area contributed by atoms with Crippen LogP contribution in [0.5, 0.6) is 11.5 Å². The van der Waals surface area contributed by atoms with Gasteiger partial charge in [0.1, 0.15) is 6.61 Å². The Balaban J connectivity index is 1.61. The van der Waals surface area contributed by atoms with Crippen LogP contribution < -0.4 is 20.1 Å². The van der Waals surface area contributed by atoms with Crippen molar-refractivity contribution < 1.29 is 19.1 Å². The van der Waals surface area contributed by atoms with Crippen molar-refractivity contribution in [1.29, 1.82) is 0 Å². The second kappa shape index (κ2) is 12.5. The molecule has 0 saturated carbocycles. The Kier molecular flexibility index (Phi) is 8.83. The number of anilines is 1. The van der Waals surface area contributed by atoms with Crippen LogP contribution in [0.4, 0.5) is 5.69 Å². The second-order valence-electron chi connectivity index (χ2n) is 7.10. The molecule has 0 aliphatic heterocycles. The van der Waals surface area contributed by atoms with E-state index in [0.29, 0.717) is 35.7 Å². The van der Waals surface area contributed by atoms with E-state index < -0.39 is 0 Å². The maximum Gasteiger partial charge on any atom is 0.253 e. The maximum absolute atomic E-state index is 12.7. The first-order valence-electron chi connectivity index (χ1n) is 10.6. The number of ether oxygens (including phenoxy) is 2. The predicted molar refractivity (Wildman–Crippen MR) is 132 cm³/mol. The summed E-state index contributed by atoms with van der Waals surface area (Å²) in [5.41, 5.74) is 2.42. The van der Waals surface area contributed by atoms with Crippen LogP contribution in [-0.4, -0.2) is 37.1 Å². The third kappa shape index (κ3) is 6.97. The Bertz CT molecular complexity index is 1200.